The summed E-state index contributed by atoms with van der Waals surface area (Å²) in [5, 5.41) is 21.6. The van der Waals surface area contributed by atoms with Crippen molar-refractivity contribution < 1.29 is 19.8 Å². The smallest absolute Gasteiger partial charge is 0.339 e. The summed E-state index contributed by atoms with van der Waals surface area (Å²) in [5.41, 5.74) is 0.0956. The van der Waals surface area contributed by atoms with Gasteiger partial charge in [-0.3, -0.25) is 4.79 Å². The van der Waals surface area contributed by atoms with Crippen LogP contribution >= 0.6 is 11.6 Å². The fraction of sp³-hybridized carbons (Fsp3) is 0. The van der Waals surface area contributed by atoms with E-state index >= 15 is 0 Å². The molecule has 0 spiro atoms. The number of benzene rings is 2. The van der Waals surface area contributed by atoms with E-state index in [0.717, 1.165) is 0 Å². The molecule has 2 aromatic carbocycles. The number of aromatic hydroxyl groups is 1. The minimum atomic E-state index is -1.27. The van der Waals surface area contributed by atoms with Crippen molar-refractivity contribution in [3.05, 3.63) is 58.6 Å². The quantitative estimate of drug-likeness (QED) is 0.759. The van der Waals surface area contributed by atoms with Gasteiger partial charge in [0.2, 0.25) is 0 Å². The van der Waals surface area contributed by atoms with Gasteiger partial charge < -0.3 is 15.5 Å². The number of anilines is 1. The maximum absolute atomic E-state index is 11.9. The molecular weight excluding hydrogens is 282 g/mol. The molecular formula is C14H10ClNO4. The number of aromatic carboxylic acids is 1. The van der Waals surface area contributed by atoms with Gasteiger partial charge in [0.1, 0.15) is 5.56 Å². The average Bonchev–Trinajstić information content (AvgIpc) is 2.41. The van der Waals surface area contributed by atoms with Crippen molar-refractivity contribution >= 4 is 29.2 Å². The highest BCUT2D eigenvalue weighted by atomic mass is 35.5. The molecule has 0 radical (unpaired) electrons. The lowest BCUT2D eigenvalue weighted by molar-refractivity contribution is 0.0693. The summed E-state index contributed by atoms with van der Waals surface area (Å²) >= 11 is 5.72. The molecule has 2 rings (SSSR count). The molecule has 0 saturated carbocycles. The van der Waals surface area contributed by atoms with Crippen molar-refractivity contribution in [1.82, 2.24) is 0 Å². The van der Waals surface area contributed by atoms with Crippen LogP contribution in [0.2, 0.25) is 5.02 Å². The fourth-order valence-corrected chi connectivity index (χ4v) is 1.74. The predicted molar refractivity (Wildman–Crippen MR) is 74.5 cm³/mol. The largest absolute Gasteiger partial charge is 0.505 e. The van der Waals surface area contributed by atoms with Crippen molar-refractivity contribution in [2.24, 2.45) is 0 Å². The molecule has 5 nitrogen and oxygen atoms in total. The van der Waals surface area contributed by atoms with Crippen molar-refractivity contribution in [3.63, 3.8) is 0 Å². The van der Waals surface area contributed by atoms with E-state index in [9.17, 15) is 14.7 Å². The van der Waals surface area contributed by atoms with Crippen LogP contribution in [0.5, 0.6) is 5.75 Å². The second-order valence-corrected chi connectivity index (χ2v) is 4.40. The zero-order chi connectivity index (χ0) is 14.7. The van der Waals surface area contributed by atoms with Crippen LogP contribution in [0, 0.1) is 0 Å². The third-order valence-corrected chi connectivity index (χ3v) is 2.87. The van der Waals surface area contributed by atoms with Crippen molar-refractivity contribution in [2.45, 2.75) is 0 Å². The number of carbonyl (C=O) groups is 2. The summed E-state index contributed by atoms with van der Waals surface area (Å²) in [6.07, 6.45) is 0. The molecule has 102 valence electrons. The van der Waals surface area contributed by atoms with Crippen LogP contribution in [-0.2, 0) is 0 Å². The van der Waals surface area contributed by atoms with Gasteiger partial charge in [-0.15, -0.1) is 0 Å². The Balaban J connectivity index is 2.26. The Labute approximate surface area is 119 Å². The first-order chi connectivity index (χ1) is 9.49. The molecule has 0 aliphatic heterocycles. The van der Waals surface area contributed by atoms with Gasteiger partial charge in [0.15, 0.2) is 5.75 Å². The second kappa shape index (κ2) is 5.63. The van der Waals surface area contributed by atoms with E-state index in [1.165, 1.54) is 30.3 Å². The van der Waals surface area contributed by atoms with E-state index in [1.807, 2.05) is 0 Å². The molecule has 0 bridgehead atoms. The van der Waals surface area contributed by atoms with E-state index in [1.54, 1.807) is 12.1 Å². The van der Waals surface area contributed by atoms with E-state index < -0.39 is 17.6 Å². The number of hydrogen-bond donors (Lipinski definition) is 3. The Morgan fingerprint density at radius 3 is 2.30 bits per heavy atom. The second-order valence-electron chi connectivity index (χ2n) is 3.97. The van der Waals surface area contributed by atoms with Crippen LogP contribution in [0.15, 0.2) is 42.5 Å². The Morgan fingerprint density at radius 1 is 1.05 bits per heavy atom. The SMILES string of the molecule is O=C(Nc1cccc(C(=O)O)c1O)c1ccc(Cl)cc1. The molecule has 20 heavy (non-hydrogen) atoms. The van der Waals surface area contributed by atoms with Crippen molar-refractivity contribution in [1.29, 1.82) is 0 Å². The molecule has 1 amide bonds. The van der Waals surface area contributed by atoms with Gasteiger partial charge in [0.05, 0.1) is 5.69 Å². The van der Waals surface area contributed by atoms with Crippen molar-refractivity contribution in [3.8, 4) is 5.75 Å². The van der Waals surface area contributed by atoms with Crippen LogP contribution < -0.4 is 5.32 Å². The minimum Gasteiger partial charge on any atom is -0.505 e. The van der Waals surface area contributed by atoms with Crippen LogP contribution in [0.3, 0.4) is 0 Å². The highest BCUT2D eigenvalue weighted by Gasteiger charge is 2.15. The highest BCUT2D eigenvalue weighted by molar-refractivity contribution is 6.30. The summed E-state index contributed by atoms with van der Waals surface area (Å²) in [5.74, 6) is -2.23. The van der Waals surface area contributed by atoms with Gasteiger partial charge in [-0.2, -0.15) is 0 Å². The zero-order valence-electron chi connectivity index (χ0n) is 10.1. The number of carboxylic acid groups (broad SMARTS) is 1. The number of rotatable bonds is 3. The first-order valence-electron chi connectivity index (χ1n) is 5.61. The lowest BCUT2D eigenvalue weighted by Gasteiger charge is -2.09. The van der Waals surface area contributed by atoms with E-state index in [4.69, 9.17) is 16.7 Å². The Hall–Kier alpha value is -2.53. The maximum atomic E-state index is 11.9. The molecule has 0 unspecified atom stereocenters. The third-order valence-electron chi connectivity index (χ3n) is 2.62. The van der Waals surface area contributed by atoms with Crippen LogP contribution in [0.1, 0.15) is 20.7 Å². The molecule has 0 fully saturated rings. The maximum Gasteiger partial charge on any atom is 0.339 e. The summed E-state index contributed by atoms with van der Waals surface area (Å²) < 4.78 is 0. The first-order valence-corrected chi connectivity index (χ1v) is 5.99. The number of carboxylic acids is 1. The Bertz CT molecular complexity index is 667. The molecule has 0 atom stereocenters. The molecule has 0 aromatic heterocycles. The molecule has 3 N–H and O–H groups in total. The monoisotopic (exact) mass is 291 g/mol. The molecule has 6 heteroatoms. The van der Waals surface area contributed by atoms with Crippen molar-refractivity contribution in [2.75, 3.05) is 5.32 Å². The first kappa shape index (κ1) is 13.9. The van der Waals surface area contributed by atoms with Gasteiger partial charge >= 0.3 is 5.97 Å². The number of carbonyl (C=O) groups excluding carboxylic acids is 1. The summed E-state index contributed by atoms with van der Waals surface area (Å²) in [7, 11) is 0. The molecule has 0 aliphatic carbocycles. The topological polar surface area (TPSA) is 86.6 Å². The number of nitrogens with one attached hydrogen (secondary N) is 1. The van der Waals surface area contributed by atoms with Gasteiger partial charge in [-0.25, -0.2) is 4.79 Å². The number of para-hydroxylation sites is 1. The number of amides is 1. The molecule has 0 heterocycles. The number of phenols is 1. The summed E-state index contributed by atoms with van der Waals surface area (Å²) in [6, 6.07) is 10.3. The predicted octanol–water partition coefficient (Wildman–Crippen LogP) is 3.00. The van der Waals surface area contributed by atoms with Crippen LogP contribution in [-0.4, -0.2) is 22.1 Å². The Kier molecular flexibility index (Phi) is 3.91. The minimum absolute atomic E-state index is 0.0323. The van der Waals surface area contributed by atoms with Gasteiger partial charge in [-0.05, 0) is 36.4 Å². The average molecular weight is 292 g/mol. The van der Waals surface area contributed by atoms with Crippen LogP contribution in [0.25, 0.3) is 0 Å². The lowest BCUT2D eigenvalue weighted by Crippen LogP contribution is -2.12. The van der Waals surface area contributed by atoms with Gasteiger partial charge in [0, 0.05) is 10.6 Å². The van der Waals surface area contributed by atoms with E-state index in [0.29, 0.717) is 10.6 Å². The standard InChI is InChI=1S/C14H10ClNO4/c15-9-6-4-8(5-7-9)13(18)16-11-3-1-2-10(12(11)17)14(19)20/h1-7,17H,(H,16,18)(H,19,20). The molecule has 2 aromatic rings. The summed E-state index contributed by atoms with van der Waals surface area (Å²) in [4.78, 5) is 22.8. The van der Waals surface area contributed by atoms with Gasteiger partial charge in [0.25, 0.3) is 5.91 Å². The molecule has 0 saturated heterocycles. The zero-order valence-corrected chi connectivity index (χ0v) is 10.9. The normalized spacial score (nSPS) is 10.1. The fourth-order valence-electron chi connectivity index (χ4n) is 1.61. The van der Waals surface area contributed by atoms with Crippen LogP contribution in [0.4, 0.5) is 5.69 Å². The van der Waals surface area contributed by atoms with E-state index in [-0.39, 0.29) is 11.3 Å². The number of halogens is 1. The summed E-state index contributed by atoms with van der Waals surface area (Å²) in [6.45, 7) is 0. The highest BCUT2D eigenvalue weighted by Crippen LogP contribution is 2.27. The lowest BCUT2D eigenvalue weighted by atomic mass is 10.1. The van der Waals surface area contributed by atoms with E-state index in [2.05, 4.69) is 5.32 Å². The molecule has 0 aliphatic rings. The van der Waals surface area contributed by atoms with Gasteiger partial charge in [-0.1, -0.05) is 17.7 Å². The number of hydrogen-bond acceptors (Lipinski definition) is 3. The Morgan fingerprint density at radius 2 is 1.70 bits per heavy atom. The third kappa shape index (κ3) is 2.89.